The van der Waals surface area contributed by atoms with Crippen LogP contribution in [0.1, 0.15) is 19.8 Å². The molecule has 0 N–H and O–H groups in total. The predicted molar refractivity (Wildman–Crippen MR) is 47.2 cm³/mol. The molecule has 1 aliphatic rings. The van der Waals surface area contributed by atoms with Crippen LogP contribution in [-0.2, 0) is 4.74 Å². The van der Waals surface area contributed by atoms with Crippen LogP contribution < -0.4 is 0 Å². The molecular weight excluding hydrogens is 124 g/mol. The fourth-order valence-electron chi connectivity index (χ4n) is 0.510. The summed E-state index contributed by atoms with van der Waals surface area (Å²) in [7, 11) is 0. The Morgan fingerprint density at radius 3 is 1.60 bits per heavy atom. The molecule has 0 unspecified atom stereocenters. The molecule has 0 aromatic rings. The summed E-state index contributed by atoms with van der Waals surface area (Å²) in [5, 5.41) is 0. The van der Waals surface area contributed by atoms with Gasteiger partial charge < -0.3 is 4.74 Å². The number of hydrogen-bond donors (Lipinski definition) is 0. The van der Waals surface area contributed by atoms with Gasteiger partial charge in [0.25, 0.3) is 0 Å². The molecule has 1 heterocycles. The van der Waals surface area contributed by atoms with Crippen LogP contribution in [0.5, 0.6) is 0 Å². The smallest absolute Gasteiger partial charge is 0.0466 e. The summed E-state index contributed by atoms with van der Waals surface area (Å²) >= 11 is 0. The third-order valence-corrected chi connectivity index (χ3v) is 0.827. The lowest BCUT2D eigenvalue weighted by Gasteiger charge is -1.76. The molecular formula is C9H18O. The SMILES string of the molecule is C1CCOC1.C=C.C=CC. The van der Waals surface area contributed by atoms with Gasteiger partial charge in [-0.15, -0.1) is 19.7 Å². The summed E-state index contributed by atoms with van der Waals surface area (Å²) in [6, 6.07) is 0. The Bertz CT molecular complexity index is 48.1. The predicted octanol–water partition coefficient (Wildman–Crippen LogP) is 2.79. The lowest BCUT2D eigenvalue weighted by atomic mass is 10.4. The first-order valence-corrected chi connectivity index (χ1v) is 3.56. The molecule has 1 heteroatoms. The summed E-state index contributed by atoms with van der Waals surface area (Å²) in [5.74, 6) is 0. The summed E-state index contributed by atoms with van der Waals surface area (Å²) < 4.78 is 4.94. The molecule has 1 nitrogen and oxygen atoms in total. The Balaban J connectivity index is 0. The highest BCUT2D eigenvalue weighted by atomic mass is 16.5. The number of rotatable bonds is 0. The molecule has 0 spiro atoms. The Morgan fingerprint density at radius 1 is 1.20 bits per heavy atom. The first-order valence-electron chi connectivity index (χ1n) is 3.56. The summed E-state index contributed by atoms with van der Waals surface area (Å²) in [6.07, 6.45) is 4.31. The molecule has 0 aromatic heterocycles. The standard InChI is InChI=1S/C4H8O.C3H6.C2H4/c1-2-4-5-3-1;1-3-2;1-2/h1-4H2;3H,1H2,2H3;1-2H2. The molecule has 0 radical (unpaired) electrons. The zero-order valence-corrected chi connectivity index (χ0v) is 6.94. The van der Waals surface area contributed by atoms with Crippen molar-refractivity contribution in [1.29, 1.82) is 0 Å². The molecule has 1 aliphatic heterocycles. The van der Waals surface area contributed by atoms with E-state index in [0.29, 0.717) is 0 Å². The van der Waals surface area contributed by atoms with Gasteiger partial charge in [-0.1, -0.05) is 6.08 Å². The van der Waals surface area contributed by atoms with E-state index < -0.39 is 0 Å². The third kappa shape index (κ3) is 15.7. The highest BCUT2D eigenvalue weighted by Gasteiger charge is 1.94. The molecule has 0 amide bonds. The molecule has 0 bridgehead atoms. The van der Waals surface area contributed by atoms with Crippen LogP contribution in [0.3, 0.4) is 0 Å². The Morgan fingerprint density at radius 2 is 1.50 bits per heavy atom. The lowest BCUT2D eigenvalue weighted by Crippen LogP contribution is -1.74. The van der Waals surface area contributed by atoms with Gasteiger partial charge in [0.2, 0.25) is 0 Å². The van der Waals surface area contributed by atoms with Gasteiger partial charge in [-0.2, -0.15) is 0 Å². The van der Waals surface area contributed by atoms with E-state index in [-0.39, 0.29) is 0 Å². The van der Waals surface area contributed by atoms with Crippen LogP contribution in [0, 0.1) is 0 Å². The van der Waals surface area contributed by atoms with E-state index in [0.717, 1.165) is 13.2 Å². The second-order valence-electron chi connectivity index (χ2n) is 1.73. The molecule has 0 atom stereocenters. The van der Waals surface area contributed by atoms with E-state index in [9.17, 15) is 0 Å². The summed E-state index contributed by atoms with van der Waals surface area (Å²) in [4.78, 5) is 0. The Hall–Kier alpha value is -0.560. The minimum absolute atomic E-state index is 1.00. The van der Waals surface area contributed by atoms with Crippen molar-refractivity contribution < 1.29 is 4.74 Å². The van der Waals surface area contributed by atoms with Crippen LogP contribution in [0.2, 0.25) is 0 Å². The second kappa shape index (κ2) is 15.8. The molecule has 1 rings (SSSR count). The van der Waals surface area contributed by atoms with E-state index in [1.807, 2.05) is 6.92 Å². The summed E-state index contributed by atoms with van der Waals surface area (Å²) in [5.41, 5.74) is 0. The molecule has 60 valence electrons. The van der Waals surface area contributed by atoms with Crippen molar-refractivity contribution in [2.75, 3.05) is 13.2 Å². The maximum Gasteiger partial charge on any atom is 0.0466 e. The number of hydrogen-bond acceptors (Lipinski definition) is 1. The van der Waals surface area contributed by atoms with Crippen LogP contribution in [0.15, 0.2) is 25.8 Å². The average Bonchev–Trinajstić information content (AvgIpc) is 2.48. The fraction of sp³-hybridized carbons (Fsp3) is 0.556. The normalized spacial score (nSPS) is 13.7. The maximum atomic E-state index is 4.94. The van der Waals surface area contributed by atoms with Crippen LogP contribution in [-0.4, -0.2) is 13.2 Å². The average molecular weight is 142 g/mol. The fourth-order valence-corrected chi connectivity index (χ4v) is 0.510. The van der Waals surface area contributed by atoms with Gasteiger partial charge in [-0.05, 0) is 19.8 Å². The van der Waals surface area contributed by atoms with Crippen molar-refractivity contribution in [3.8, 4) is 0 Å². The molecule has 0 saturated carbocycles. The van der Waals surface area contributed by atoms with E-state index >= 15 is 0 Å². The highest BCUT2D eigenvalue weighted by Crippen LogP contribution is 1.98. The van der Waals surface area contributed by atoms with E-state index in [1.54, 1.807) is 6.08 Å². The summed E-state index contributed by atoms with van der Waals surface area (Å²) in [6.45, 7) is 13.2. The van der Waals surface area contributed by atoms with Crippen LogP contribution in [0.4, 0.5) is 0 Å². The van der Waals surface area contributed by atoms with E-state index in [4.69, 9.17) is 4.74 Å². The zero-order valence-electron chi connectivity index (χ0n) is 6.94. The maximum absolute atomic E-state index is 4.94. The van der Waals surface area contributed by atoms with Gasteiger partial charge in [-0.3, -0.25) is 0 Å². The van der Waals surface area contributed by atoms with Gasteiger partial charge in [0.1, 0.15) is 0 Å². The number of allylic oxidation sites excluding steroid dienone is 1. The van der Waals surface area contributed by atoms with Crippen molar-refractivity contribution in [3.63, 3.8) is 0 Å². The largest absolute Gasteiger partial charge is 0.381 e. The van der Waals surface area contributed by atoms with Gasteiger partial charge in [0.15, 0.2) is 0 Å². The topological polar surface area (TPSA) is 9.23 Å². The van der Waals surface area contributed by atoms with Gasteiger partial charge in [0, 0.05) is 13.2 Å². The quantitative estimate of drug-likeness (QED) is 0.472. The van der Waals surface area contributed by atoms with Crippen LogP contribution >= 0.6 is 0 Å². The van der Waals surface area contributed by atoms with Crippen molar-refractivity contribution >= 4 is 0 Å². The first-order chi connectivity index (χ1) is 4.91. The van der Waals surface area contributed by atoms with Crippen molar-refractivity contribution in [2.24, 2.45) is 0 Å². The van der Waals surface area contributed by atoms with Gasteiger partial charge >= 0.3 is 0 Å². The van der Waals surface area contributed by atoms with Crippen LogP contribution in [0.25, 0.3) is 0 Å². The second-order valence-corrected chi connectivity index (χ2v) is 1.73. The van der Waals surface area contributed by atoms with Crippen molar-refractivity contribution in [3.05, 3.63) is 25.8 Å². The molecule has 0 aromatic carbocycles. The monoisotopic (exact) mass is 142 g/mol. The molecule has 0 aliphatic carbocycles. The Labute approximate surface area is 64.4 Å². The van der Waals surface area contributed by atoms with Crippen molar-refractivity contribution in [2.45, 2.75) is 19.8 Å². The molecule has 1 fully saturated rings. The minimum Gasteiger partial charge on any atom is -0.381 e. The minimum atomic E-state index is 1.00. The lowest BCUT2D eigenvalue weighted by molar-refractivity contribution is 0.198. The van der Waals surface area contributed by atoms with Gasteiger partial charge in [-0.25, -0.2) is 0 Å². The van der Waals surface area contributed by atoms with Gasteiger partial charge in [0.05, 0.1) is 0 Å². The molecule has 10 heavy (non-hydrogen) atoms. The van der Waals surface area contributed by atoms with E-state index in [1.165, 1.54) is 12.8 Å². The van der Waals surface area contributed by atoms with Crippen molar-refractivity contribution in [1.82, 2.24) is 0 Å². The zero-order chi connectivity index (χ0) is 8.24. The third-order valence-electron chi connectivity index (χ3n) is 0.827. The Kier molecular flexibility index (Phi) is 19.2. The van der Waals surface area contributed by atoms with E-state index in [2.05, 4.69) is 19.7 Å². The number of ether oxygens (including phenoxy) is 1. The molecule has 1 saturated heterocycles. The first kappa shape index (κ1) is 12.1. The highest BCUT2D eigenvalue weighted by molar-refractivity contribution is 4.51.